The number of hydrogen-bond donors (Lipinski definition) is 2. The van der Waals surface area contributed by atoms with E-state index in [0.29, 0.717) is 0 Å². The molecule has 0 aromatic heterocycles. The second-order valence-electron chi connectivity index (χ2n) is 8.01. The van der Waals surface area contributed by atoms with E-state index in [1.807, 2.05) is 6.92 Å². The van der Waals surface area contributed by atoms with Crippen molar-refractivity contribution in [3.05, 3.63) is 0 Å². The van der Waals surface area contributed by atoms with Gasteiger partial charge in [-0.2, -0.15) is 0 Å². The average Bonchev–Trinajstić information content (AvgIpc) is 2.54. The van der Waals surface area contributed by atoms with Crippen LogP contribution in [0.5, 0.6) is 0 Å². The van der Waals surface area contributed by atoms with Gasteiger partial charge in [0.1, 0.15) is 0 Å². The summed E-state index contributed by atoms with van der Waals surface area (Å²) in [4.78, 5) is 0. The zero-order valence-electron chi connectivity index (χ0n) is 17.6. The van der Waals surface area contributed by atoms with Crippen LogP contribution in [0.4, 0.5) is 0 Å². The summed E-state index contributed by atoms with van der Waals surface area (Å²) in [7, 11) is 0. The van der Waals surface area contributed by atoms with Crippen molar-refractivity contribution in [2.45, 2.75) is 140 Å². The summed E-state index contributed by atoms with van der Waals surface area (Å²) in [5, 5.41) is 9.66. The van der Waals surface area contributed by atoms with Gasteiger partial charge >= 0.3 is 0 Å². The van der Waals surface area contributed by atoms with Crippen molar-refractivity contribution in [3.63, 3.8) is 0 Å². The molecule has 0 radical (unpaired) electrons. The molecule has 0 aromatic carbocycles. The molecule has 0 aliphatic heterocycles. The van der Waals surface area contributed by atoms with Crippen molar-refractivity contribution in [1.82, 2.24) is 6.15 Å². The van der Waals surface area contributed by atoms with Crippen LogP contribution in [0, 0.1) is 0 Å². The number of aliphatic hydroxyl groups is 1. The van der Waals surface area contributed by atoms with Crippen molar-refractivity contribution >= 4 is 15.9 Å². The Morgan fingerprint density at radius 3 is 1.24 bits per heavy atom. The van der Waals surface area contributed by atoms with Crippen molar-refractivity contribution in [3.8, 4) is 0 Å². The predicted octanol–water partition coefficient (Wildman–Crippen LogP) is 8.33. The molecular weight excluding hydrogens is 374 g/mol. The first-order valence-electron chi connectivity index (χ1n) is 10.9. The molecule has 0 aliphatic rings. The Bertz CT molecular complexity index is 256. The molecule has 0 rings (SSSR count). The minimum atomic E-state index is -0.270. The van der Waals surface area contributed by atoms with Crippen molar-refractivity contribution in [1.29, 1.82) is 0 Å². The Labute approximate surface area is 167 Å². The number of unbranched alkanes of at least 4 members (excludes halogenated alkanes) is 15. The van der Waals surface area contributed by atoms with Gasteiger partial charge in [0.25, 0.3) is 0 Å². The van der Waals surface area contributed by atoms with Crippen LogP contribution in [-0.2, 0) is 0 Å². The number of rotatable bonds is 18. The van der Waals surface area contributed by atoms with Gasteiger partial charge in [-0.1, -0.05) is 126 Å². The fourth-order valence-electron chi connectivity index (χ4n) is 3.23. The number of halogens is 1. The summed E-state index contributed by atoms with van der Waals surface area (Å²) in [5.74, 6) is 0. The molecule has 25 heavy (non-hydrogen) atoms. The van der Waals surface area contributed by atoms with Gasteiger partial charge in [-0.25, -0.2) is 0 Å². The van der Waals surface area contributed by atoms with E-state index in [9.17, 15) is 5.11 Å². The first-order chi connectivity index (χ1) is 11.5. The molecule has 0 aliphatic carbocycles. The minimum absolute atomic E-state index is 0. The lowest BCUT2D eigenvalue weighted by atomic mass is 9.97. The molecule has 0 aromatic rings. The highest BCUT2D eigenvalue weighted by Gasteiger charge is 2.25. The predicted molar refractivity (Wildman–Crippen MR) is 118 cm³/mol. The van der Waals surface area contributed by atoms with Crippen LogP contribution in [0.1, 0.15) is 130 Å². The summed E-state index contributed by atoms with van der Waals surface area (Å²) < 4.78 is -0.0942. The Balaban J connectivity index is 0. The fourth-order valence-corrected chi connectivity index (χ4v) is 3.51. The largest absolute Gasteiger partial charge is 0.392 e. The van der Waals surface area contributed by atoms with Crippen LogP contribution in [0.25, 0.3) is 0 Å². The van der Waals surface area contributed by atoms with Crippen LogP contribution < -0.4 is 6.15 Å². The zero-order chi connectivity index (χ0) is 18.1. The number of hydrogen-bond acceptors (Lipinski definition) is 2. The van der Waals surface area contributed by atoms with Crippen LogP contribution in [0.15, 0.2) is 0 Å². The highest BCUT2D eigenvalue weighted by Crippen LogP contribution is 2.28. The third-order valence-corrected chi connectivity index (χ3v) is 6.45. The average molecular weight is 423 g/mol. The summed E-state index contributed by atoms with van der Waals surface area (Å²) >= 11 is 3.64. The van der Waals surface area contributed by atoms with Gasteiger partial charge in [-0.3, -0.25) is 0 Å². The summed E-state index contributed by atoms with van der Waals surface area (Å²) in [6, 6.07) is 0. The lowest BCUT2D eigenvalue weighted by Gasteiger charge is -2.25. The first-order valence-corrected chi connectivity index (χ1v) is 11.7. The fraction of sp³-hybridized carbons (Fsp3) is 1.00. The van der Waals surface area contributed by atoms with Crippen LogP contribution in [0.3, 0.4) is 0 Å². The molecule has 2 unspecified atom stereocenters. The van der Waals surface area contributed by atoms with E-state index in [0.717, 1.165) is 6.42 Å². The maximum atomic E-state index is 9.66. The highest BCUT2D eigenvalue weighted by molar-refractivity contribution is 9.10. The second kappa shape index (κ2) is 19.2. The normalized spacial score (nSPS) is 14.8. The van der Waals surface area contributed by atoms with E-state index < -0.39 is 0 Å². The molecule has 4 N–H and O–H groups in total. The molecule has 0 fully saturated rings. The van der Waals surface area contributed by atoms with Gasteiger partial charge in [0, 0.05) is 4.32 Å². The lowest BCUT2D eigenvalue weighted by molar-refractivity contribution is 0.150. The first kappa shape index (κ1) is 27.6. The minimum Gasteiger partial charge on any atom is -0.392 e. The molecule has 0 saturated carbocycles. The van der Waals surface area contributed by atoms with Crippen LogP contribution in [0.2, 0.25) is 0 Å². The second-order valence-corrected chi connectivity index (χ2v) is 9.82. The van der Waals surface area contributed by atoms with Crippen molar-refractivity contribution in [2.24, 2.45) is 0 Å². The quantitative estimate of drug-likeness (QED) is 0.172. The molecule has 0 spiro atoms. The van der Waals surface area contributed by atoms with Gasteiger partial charge in [0.15, 0.2) is 0 Å². The van der Waals surface area contributed by atoms with Crippen molar-refractivity contribution in [2.75, 3.05) is 0 Å². The topological polar surface area (TPSA) is 55.2 Å². The molecule has 2 nitrogen and oxygen atoms in total. The molecule has 154 valence electrons. The summed E-state index contributed by atoms with van der Waals surface area (Å²) in [5.41, 5.74) is 0. The molecule has 0 heterocycles. The van der Waals surface area contributed by atoms with E-state index >= 15 is 0 Å². The third kappa shape index (κ3) is 19.0. The Kier molecular flexibility index (Phi) is 21.2. The van der Waals surface area contributed by atoms with E-state index in [4.69, 9.17) is 0 Å². The van der Waals surface area contributed by atoms with Gasteiger partial charge in [-0.05, 0) is 20.3 Å². The highest BCUT2D eigenvalue weighted by atomic mass is 79.9. The molecule has 0 bridgehead atoms. The summed E-state index contributed by atoms with van der Waals surface area (Å²) in [6.45, 7) is 6.26. The van der Waals surface area contributed by atoms with E-state index in [-0.39, 0.29) is 16.6 Å². The number of alkyl halides is 1. The molecular formula is C22H48BrNO. The van der Waals surface area contributed by atoms with Crippen molar-refractivity contribution < 1.29 is 5.11 Å². The number of aliphatic hydroxyl groups excluding tert-OH is 1. The van der Waals surface area contributed by atoms with E-state index in [1.54, 1.807) is 0 Å². The zero-order valence-corrected chi connectivity index (χ0v) is 19.2. The Morgan fingerprint density at radius 1 is 0.680 bits per heavy atom. The van der Waals surface area contributed by atoms with E-state index in [1.165, 1.54) is 103 Å². The monoisotopic (exact) mass is 421 g/mol. The van der Waals surface area contributed by atoms with Crippen LogP contribution in [-0.4, -0.2) is 15.5 Å². The maximum absolute atomic E-state index is 9.66. The van der Waals surface area contributed by atoms with Gasteiger partial charge in [-0.15, -0.1) is 0 Å². The molecule has 2 atom stereocenters. The van der Waals surface area contributed by atoms with Crippen LogP contribution >= 0.6 is 15.9 Å². The lowest BCUT2D eigenvalue weighted by Crippen LogP contribution is -2.30. The Hall–Kier alpha value is 0.400. The van der Waals surface area contributed by atoms with Gasteiger partial charge in [0.05, 0.1) is 6.10 Å². The molecule has 0 saturated heterocycles. The third-order valence-electron chi connectivity index (χ3n) is 5.39. The molecule has 0 amide bonds. The van der Waals surface area contributed by atoms with Gasteiger partial charge < -0.3 is 11.3 Å². The van der Waals surface area contributed by atoms with Gasteiger partial charge in [0.2, 0.25) is 0 Å². The van der Waals surface area contributed by atoms with E-state index in [2.05, 4.69) is 29.8 Å². The SMILES string of the molecule is CCCCCCCCCCCCCCCCCCC(C)(Br)C(C)O.N. The maximum Gasteiger partial charge on any atom is 0.0662 e. The molecule has 3 heteroatoms. The standard InChI is InChI=1S/C22H45BrO.H3N/c1-4-5-6-7-8-9-10-11-12-13-14-15-16-17-18-19-20-22(3,23)21(2)24;/h21,24H,4-20H2,1-3H3;1H3. The Morgan fingerprint density at radius 2 is 0.960 bits per heavy atom. The summed E-state index contributed by atoms with van der Waals surface area (Å²) in [6.07, 6.45) is 23.4. The smallest absolute Gasteiger partial charge is 0.0662 e.